The molecule has 10 heteroatoms. The summed E-state index contributed by atoms with van der Waals surface area (Å²) in [6.07, 6.45) is -2.33. The van der Waals surface area contributed by atoms with Gasteiger partial charge in [0.25, 0.3) is 5.95 Å². The number of alkyl halides is 3. The summed E-state index contributed by atoms with van der Waals surface area (Å²) in [5, 5.41) is 3.55. The number of nitrogens with two attached hydrogens (primary N) is 1. The highest BCUT2D eigenvalue weighted by atomic mass is 19.4. The van der Waals surface area contributed by atoms with E-state index in [0.29, 0.717) is 12.8 Å². The van der Waals surface area contributed by atoms with E-state index in [0.717, 1.165) is 17.3 Å². The lowest BCUT2D eigenvalue weighted by atomic mass is 10.4. The van der Waals surface area contributed by atoms with Crippen LogP contribution < -0.4 is 10.5 Å². The van der Waals surface area contributed by atoms with Crippen molar-refractivity contribution in [2.75, 3.05) is 12.3 Å². The summed E-state index contributed by atoms with van der Waals surface area (Å²) in [6.45, 7) is 2.24. The molecule has 7 nitrogen and oxygen atoms in total. The molecule has 2 aromatic heterocycles. The van der Waals surface area contributed by atoms with Crippen LogP contribution in [-0.2, 0) is 6.18 Å². The van der Waals surface area contributed by atoms with Gasteiger partial charge in [0.2, 0.25) is 5.95 Å². The van der Waals surface area contributed by atoms with Crippen LogP contribution in [0.25, 0.3) is 5.95 Å². The lowest BCUT2D eigenvalue weighted by molar-refractivity contribution is -0.137. The number of hydrogen-bond acceptors (Lipinski definition) is 6. The zero-order valence-electron chi connectivity index (χ0n) is 10.4. The highest BCUT2D eigenvalue weighted by Gasteiger charge is 2.32. The van der Waals surface area contributed by atoms with E-state index in [2.05, 4.69) is 20.1 Å². The van der Waals surface area contributed by atoms with E-state index in [-0.39, 0.29) is 17.9 Å². The summed E-state index contributed by atoms with van der Waals surface area (Å²) in [5.41, 5.74) is 4.55. The fraction of sp³-hybridized carbons (Fsp3) is 0.400. The highest BCUT2D eigenvalue weighted by Crippen LogP contribution is 2.28. The topological polar surface area (TPSA) is 91.7 Å². The van der Waals surface area contributed by atoms with Crippen molar-refractivity contribution in [1.82, 2.24) is 24.7 Å². The van der Waals surface area contributed by atoms with E-state index in [1.165, 1.54) is 0 Å². The number of anilines is 1. The first kappa shape index (κ1) is 14.0. The van der Waals surface area contributed by atoms with E-state index in [1.54, 1.807) is 0 Å². The van der Waals surface area contributed by atoms with Crippen molar-refractivity contribution in [2.24, 2.45) is 0 Å². The summed E-state index contributed by atoms with van der Waals surface area (Å²) < 4.78 is 43.5. The van der Waals surface area contributed by atoms with Crippen molar-refractivity contribution in [1.29, 1.82) is 0 Å². The first-order valence-corrected chi connectivity index (χ1v) is 5.66. The first-order valence-electron chi connectivity index (χ1n) is 5.66. The second-order valence-electron chi connectivity index (χ2n) is 3.80. The van der Waals surface area contributed by atoms with Crippen molar-refractivity contribution in [2.45, 2.75) is 19.5 Å². The molecule has 2 N–H and O–H groups in total. The molecule has 2 heterocycles. The largest absolute Gasteiger partial charge is 0.463 e. The van der Waals surface area contributed by atoms with E-state index >= 15 is 0 Å². The van der Waals surface area contributed by atoms with Gasteiger partial charge < -0.3 is 10.5 Å². The molecule has 0 radical (unpaired) electrons. The zero-order chi connectivity index (χ0) is 14.8. The van der Waals surface area contributed by atoms with Gasteiger partial charge in [0, 0.05) is 6.20 Å². The first-order chi connectivity index (χ1) is 9.40. The smallest absolute Gasteiger partial charge is 0.419 e. The van der Waals surface area contributed by atoms with Gasteiger partial charge in [-0.25, -0.2) is 4.68 Å². The fourth-order valence-electron chi connectivity index (χ4n) is 1.30. The summed E-state index contributed by atoms with van der Waals surface area (Å²) in [6, 6.07) is -0.0570. The molecule has 2 aromatic rings. The number of aromatic nitrogens is 5. The van der Waals surface area contributed by atoms with Gasteiger partial charge >= 0.3 is 12.2 Å². The number of halogens is 3. The molecule has 0 aromatic carbocycles. The Bertz CT molecular complexity index is 597. The second kappa shape index (κ2) is 5.31. The van der Waals surface area contributed by atoms with Crippen molar-refractivity contribution in [3.05, 3.63) is 18.0 Å². The maximum Gasteiger partial charge on any atom is 0.419 e. The van der Waals surface area contributed by atoms with Gasteiger partial charge in [-0.3, -0.25) is 0 Å². The Balaban J connectivity index is 2.32. The van der Waals surface area contributed by atoms with Crippen molar-refractivity contribution in [3.8, 4) is 12.0 Å². The Morgan fingerprint density at radius 2 is 2.05 bits per heavy atom. The number of hydrogen-bond donors (Lipinski definition) is 1. The third kappa shape index (κ3) is 3.13. The van der Waals surface area contributed by atoms with E-state index in [4.69, 9.17) is 10.5 Å². The molecule has 0 amide bonds. The number of rotatable bonds is 4. The molecule has 20 heavy (non-hydrogen) atoms. The Hall–Kier alpha value is -2.39. The third-order valence-corrected chi connectivity index (χ3v) is 2.17. The summed E-state index contributed by atoms with van der Waals surface area (Å²) >= 11 is 0. The SMILES string of the molecule is CCCOc1nc(N)nc(-n2cc(C(F)(F)F)cn2)n1. The molecule has 0 fully saturated rings. The average molecular weight is 288 g/mol. The van der Waals surface area contributed by atoms with Gasteiger partial charge in [-0.2, -0.15) is 33.2 Å². The zero-order valence-corrected chi connectivity index (χ0v) is 10.4. The monoisotopic (exact) mass is 288 g/mol. The van der Waals surface area contributed by atoms with Crippen molar-refractivity contribution < 1.29 is 17.9 Å². The normalized spacial score (nSPS) is 11.6. The second-order valence-corrected chi connectivity index (χ2v) is 3.80. The van der Waals surface area contributed by atoms with Crippen molar-refractivity contribution in [3.63, 3.8) is 0 Å². The lowest BCUT2D eigenvalue weighted by Crippen LogP contribution is -2.10. The molecule has 0 atom stereocenters. The van der Waals surface area contributed by atoms with Crippen LogP contribution in [0.2, 0.25) is 0 Å². The lowest BCUT2D eigenvalue weighted by Gasteiger charge is -2.05. The Morgan fingerprint density at radius 1 is 1.30 bits per heavy atom. The van der Waals surface area contributed by atoms with Crippen LogP contribution in [-0.4, -0.2) is 31.3 Å². The quantitative estimate of drug-likeness (QED) is 0.915. The Labute approximate surface area is 111 Å². The summed E-state index contributed by atoms with van der Waals surface area (Å²) in [7, 11) is 0. The Morgan fingerprint density at radius 3 is 2.65 bits per heavy atom. The summed E-state index contributed by atoms with van der Waals surface area (Å²) in [5.74, 6) is -0.302. The predicted molar refractivity (Wildman–Crippen MR) is 62.1 cm³/mol. The average Bonchev–Trinajstić information content (AvgIpc) is 2.85. The minimum Gasteiger partial charge on any atom is -0.463 e. The third-order valence-electron chi connectivity index (χ3n) is 2.17. The van der Waals surface area contributed by atoms with Gasteiger partial charge in [0.15, 0.2) is 0 Å². The molecule has 108 valence electrons. The van der Waals surface area contributed by atoms with Crippen LogP contribution in [0.15, 0.2) is 12.4 Å². The number of nitrogen functional groups attached to an aromatic ring is 1. The molecule has 0 saturated heterocycles. The van der Waals surface area contributed by atoms with Gasteiger partial charge in [-0.05, 0) is 6.42 Å². The van der Waals surface area contributed by atoms with Crippen LogP contribution >= 0.6 is 0 Å². The van der Waals surface area contributed by atoms with E-state index in [1.807, 2.05) is 6.92 Å². The van der Waals surface area contributed by atoms with Crippen LogP contribution in [0.1, 0.15) is 18.9 Å². The molecule has 0 aliphatic heterocycles. The number of ether oxygens (including phenoxy) is 1. The molecule has 0 aliphatic carbocycles. The van der Waals surface area contributed by atoms with Gasteiger partial charge in [-0.15, -0.1) is 0 Å². The maximum absolute atomic E-state index is 12.5. The minimum absolute atomic E-state index is 0.0570. The molecule has 0 saturated carbocycles. The van der Waals surface area contributed by atoms with Crippen LogP contribution in [0.3, 0.4) is 0 Å². The predicted octanol–water partition coefficient (Wildman–Crippen LogP) is 1.45. The highest BCUT2D eigenvalue weighted by molar-refractivity contribution is 5.25. The van der Waals surface area contributed by atoms with Crippen LogP contribution in [0.4, 0.5) is 19.1 Å². The van der Waals surface area contributed by atoms with E-state index < -0.39 is 11.7 Å². The van der Waals surface area contributed by atoms with Crippen LogP contribution in [0.5, 0.6) is 6.01 Å². The fourth-order valence-corrected chi connectivity index (χ4v) is 1.30. The van der Waals surface area contributed by atoms with Crippen molar-refractivity contribution >= 4 is 5.95 Å². The van der Waals surface area contributed by atoms with Gasteiger partial charge in [0.05, 0.1) is 18.4 Å². The molecular formula is C10H11F3N6O. The number of nitrogens with zero attached hydrogens (tertiary/aromatic N) is 5. The van der Waals surface area contributed by atoms with Gasteiger partial charge in [0.1, 0.15) is 0 Å². The maximum atomic E-state index is 12.5. The Kier molecular flexibility index (Phi) is 3.72. The molecule has 0 aliphatic rings. The van der Waals surface area contributed by atoms with E-state index in [9.17, 15) is 13.2 Å². The molecular weight excluding hydrogens is 277 g/mol. The molecule has 0 unspecified atom stereocenters. The molecule has 0 bridgehead atoms. The van der Waals surface area contributed by atoms with Crippen LogP contribution in [0, 0.1) is 0 Å². The standard InChI is InChI=1S/C10H11F3N6O/c1-2-3-20-9-17-7(14)16-8(18-9)19-5-6(4-15-19)10(11,12)13/h4-5H,2-3H2,1H3,(H2,14,16,17,18). The summed E-state index contributed by atoms with van der Waals surface area (Å²) in [4.78, 5) is 11.3. The van der Waals surface area contributed by atoms with Gasteiger partial charge in [-0.1, -0.05) is 6.92 Å². The molecule has 2 rings (SSSR count). The minimum atomic E-state index is -4.49. The molecule has 0 spiro atoms.